The van der Waals surface area contributed by atoms with E-state index < -0.39 is 0 Å². The number of piperidine rings is 1. The number of rotatable bonds is 3. The molecule has 122 valence electrons. The van der Waals surface area contributed by atoms with Crippen molar-refractivity contribution in [1.29, 1.82) is 0 Å². The van der Waals surface area contributed by atoms with Gasteiger partial charge in [0.25, 0.3) is 5.91 Å². The van der Waals surface area contributed by atoms with Gasteiger partial charge in [-0.25, -0.2) is 9.78 Å². The van der Waals surface area contributed by atoms with Crippen molar-refractivity contribution in [3.05, 3.63) is 45.5 Å². The van der Waals surface area contributed by atoms with Crippen LogP contribution in [0.25, 0.3) is 0 Å². The summed E-state index contributed by atoms with van der Waals surface area (Å²) in [6, 6.07) is 1.81. The summed E-state index contributed by atoms with van der Waals surface area (Å²) >= 11 is 0. The number of aromatic nitrogens is 3. The second-order valence-electron chi connectivity index (χ2n) is 5.83. The first-order chi connectivity index (χ1) is 11.1. The summed E-state index contributed by atoms with van der Waals surface area (Å²) in [6.07, 6.45) is 4.00. The van der Waals surface area contributed by atoms with Gasteiger partial charge in [0.1, 0.15) is 11.3 Å². The fourth-order valence-electron chi connectivity index (χ4n) is 3.13. The smallest absolute Gasteiger partial charge is 0.345 e. The molecule has 23 heavy (non-hydrogen) atoms. The van der Waals surface area contributed by atoms with Crippen LogP contribution in [0.5, 0.6) is 0 Å². The molecule has 0 bridgehead atoms. The molecule has 0 aliphatic carbocycles. The molecule has 0 spiro atoms. The first-order valence-electron chi connectivity index (χ1n) is 7.89. The lowest BCUT2D eigenvalue weighted by atomic mass is 9.94. The van der Waals surface area contributed by atoms with Crippen molar-refractivity contribution < 1.29 is 9.32 Å². The van der Waals surface area contributed by atoms with Crippen LogP contribution in [0.2, 0.25) is 0 Å². The van der Waals surface area contributed by atoms with Gasteiger partial charge in [0.15, 0.2) is 0 Å². The van der Waals surface area contributed by atoms with Crippen LogP contribution in [0.15, 0.2) is 21.6 Å². The molecule has 3 heterocycles. The first kappa shape index (κ1) is 15.5. The van der Waals surface area contributed by atoms with Gasteiger partial charge in [0.2, 0.25) is 0 Å². The lowest BCUT2D eigenvalue weighted by molar-refractivity contribution is 0.0703. The van der Waals surface area contributed by atoms with E-state index >= 15 is 0 Å². The lowest BCUT2D eigenvalue weighted by Crippen LogP contribution is -2.40. The Morgan fingerprint density at radius 2 is 2.35 bits per heavy atom. The SMILES string of the molecule is CCc1noc(C)c1C(=O)N1CCC[C@@H](c2ccnc(=O)[nH]2)C1. The third-order valence-electron chi connectivity index (χ3n) is 4.33. The molecule has 0 unspecified atom stereocenters. The summed E-state index contributed by atoms with van der Waals surface area (Å²) in [7, 11) is 0. The molecule has 1 aliphatic rings. The van der Waals surface area contributed by atoms with Crippen LogP contribution >= 0.6 is 0 Å². The molecule has 1 amide bonds. The summed E-state index contributed by atoms with van der Waals surface area (Å²) < 4.78 is 5.17. The number of hydrogen-bond acceptors (Lipinski definition) is 5. The molecule has 7 heteroatoms. The maximum absolute atomic E-state index is 12.8. The van der Waals surface area contributed by atoms with Gasteiger partial charge in [-0.1, -0.05) is 12.1 Å². The Hall–Kier alpha value is -2.44. The van der Waals surface area contributed by atoms with Crippen molar-refractivity contribution in [2.45, 2.75) is 39.0 Å². The largest absolute Gasteiger partial charge is 0.361 e. The van der Waals surface area contributed by atoms with Gasteiger partial charge in [-0.2, -0.15) is 0 Å². The highest BCUT2D eigenvalue weighted by atomic mass is 16.5. The van der Waals surface area contributed by atoms with Crippen LogP contribution in [-0.2, 0) is 6.42 Å². The van der Waals surface area contributed by atoms with Gasteiger partial charge in [0.05, 0.1) is 5.69 Å². The number of nitrogens with zero attached hydrogens (tertiary/aromatic N) is 3. The molecule has 0 aromatic carbocycles. The summed E-state index contributed by atoms with van der Waals surface area (Å²) in [5.74, 6) is 0.640. The van der Waals surface area contributed by atoms with Crippen LogP contribution in [-0.4, -0.2) is 39.0 Å². The van der Waals surface area contributed by atoms with E-state index in [1.54, 1.807) is 6.92 Å². The highest BCUT2D eigenvalue weighted by molar-refractivity contribution is 5.96. The van der Waals surface area contributed by atoms with Crippen molar-refractivity contribution in [1.82, 2.24) is 20.0 Å². The Balaban J connectivity index is 1.82. The van der Waals surface area contributed by atoms with Gasteiger partial charge in [-0.05, 0) is 32.3 Å². The second-order valence-corrected chi connectivity index (χ2v) is 5.83. The molecule has 1 N–H and O–H groups in total. The monoisotopic (exact) mass is 316 g/mol. The summed E-state index contributed by atoms with van der Waals surface area (Å²) in [6.45, 7) is 5.00. The van der Waals surface area contributed by atoms with E-state index in [1.807, 2.05) is 17.9 Å². The number of aromatic amines is 1. The highest BCUT2D eigenvalue weighted by Crippen LogP contribution is 2.27. The zero-order chi connectivity index (χ0) is 16.4. The van der Waals surface area contributed by atoms with Gasteiger partial charge in [-0.3, -0.25) is 4.79 Å². The Morgan fingerprint density at radius 3 is 3.09 bits per heavy atom. The van der Waals surface area contributed by atoms with Gasteiger partial charge in [0, 0.05) is 30.9 Å². The molecule has 7 nitrogen and oxygen atoms in total. The van der Waals surface area contributed by atoms with Crippen molar-refractivity contribution in [2.24, 2.45) is 0 Å². The Morgan fingerprint density at radius 1 is 1.52 bits per heavy atom. The number of carbonyl (C=O) groups excluding carboxylic acids is 1. The minimum Gasteiger partial charge on any atom is -0.361 e. The van der Waals surface area contributed by atoms with Gasteiger partial charge in [-0.15, -0.1) is 0 Å². The average molecular weight is 316 g/mol. The number of likely N-dealkylation sites (tertiary alicyclic amines) is 1. The third-order valence-corrected chi connectivity index (χ3v) is 4.33. The molecular formula is C16H20N4O3. The zero-order valence-electron chi connectivity index (χ0n) is 13.3. The quantitative estimate of drug-likeness (QED) is 0.929. The van der Waals surface area contributed by atoms with Crippen LogP contribution in [0.3, 0.4) is 0 Å². The van der Waals surface area contributed by atoms with E-state index in [-0.39, 0.29) is 17.5 Å². The number of amides is 1. The normalized spacial score (nSPS) is 18.2. The molecule has 2 aromatic rings. The molecule has 1 fully saturated rings. The van der Waals surface area contributed by atoms with E-state index in [0.29, 0.717) is 36.5 Å². The molecule has 1 saturated heterocycles. The number of hydrogen-bond donors (Lipinski definition) is 1. The van der Waals surface area contributed by atoms with Crippen LogP contribution in [0.1, 0.15) is 53.2 Å². The minimum absolute atomic E-state index is 0.0401. The topological polar surface area (TPSA) is 92.1 Å². The predicted octanol–water partition coefficient (Wildman–Crippen LogP) is 1.65. The summed E-state index contributed by atoms with van der Waals surface area (Å²) in [5, 5.41) is 3.96. The fraction of sp³-hybridized carbons (Fsp3) is 0.500. The van der Waals surface area contributed by atoms with Crippen LogP contribution < -0.4 is 5.69 Å². The van der Waals surface area contributed by atoms with Gasteiger partial charge >= 0.3 is 5.69 Å². The molecule has 1 atom stereocenters. The van der Waals surface area contributed by atoms with Gasteiger partial charge < -0.3 is 14.4 Å². The first-order valence-corrected chi connectivity index (χ1v) is 7.89. The summed E-state index contributed by atoms with van der Waals surface area (Å²) in [5.41, 5.74) is 1.76. The van der Waals surface area contributed by atoms with E-state index in [4.69, 9.17) is 4.52 Å². The zero-order valence-corrected chi connectivity index (χ0v) is 13.3. The number of nitrogens with one attached hydrogen (secondary N) is 1. The van der Waals surface area contributed by atoms with E-state index in [2.05, 4.69) is 15.1 Å². The molecule has 0 saturated carbocycles. The molecule has 3 rings (SSSR count). The highest BCUT2D eigenvalue weighted by Gasteiger charge is 2.29. The molecular weight excluding hydrogens is 296 g/mol. The van der Waals surface area contributed by atoms with Crippen molar-refractivity contribution >= 4 is 5.91 Å². The lowest BCUT2D eigenvalue weighted by Gasteiger charge is -2.32. The Bertz CT molecular complexity index is 765. The minimum atomic E-state index is -0.353. The number of H-pyrrole nitrogens is 1. The fourth-order valence-corrected chi connectivity index (χ4v) is 3.13. The predicted molar refractivity (Wildman–Crippen MR) is 83.4 cm³/mol. The molecule has 0 radical (unpaired) electrons. The molecule has 2 aromatic heterocycles. The van der Waals surface area contributed by atoms with Crippen LogP contribution in [0.4, 0.5) is 0 Å². The number of carbonyl (C=O) groups is 1. The standard InChI is InChI=1S/C16H20N4O3/c1-3-12-14(10(2)23-19-12)15(21)20-8-4-5-11(9-20)13-6-7-17-16(22)18-13/h6-7,11H,3-5,8-9H2,1-2H3,(H,17,18,22)/t11-/m1/s1. The van der Waals surface area contributed by atoms with E-state index in [1.165, 1.54) is 6.20 Å². The average Bonchev–Trinajstić information content (AvgIpc) is 2.95. The van der Waals surface area contributed by atoms with Crippen molar-refractivity contribution in [2.75, 3.05) is 13.1 Å². The van der Waals surface area contributed by atoms with E-state index in [0.717, 1.165) is 18.5 Å². The Labute approximate surface area is 133 Å². The second kappa shape index (κ2) is 6.36. The maximum atomic E-state index is 12.8. The van der Waals surface area contributed by atoms with Crippen molar-refractivity contribution in [3.63, 3.8) is 0 Å². The third kappa shape index (κ3) is 3.04. The van der Waals surface area contributed by atoms with E-state index in [9.17, 15) is 9.59 Å². The molecule has 1 aliphatic heterocycles. The number of aryl methyl sites for hydroxylation is 2. The summed E-state index contributed by atoms with van der Waals surface area (Å²) in [4.78, 5) is 32.5. The van der Waals surface area contributed by atoms with Crippen molar-refractivity contribution in [3.8, 4) is 0 Å². The van der Waals surface area contributed by atoms with Crippen LogP contribution in [0, 0.1) is 6.92 Å². The maximum Gasteiger partial charge on any atom is 0.345 e. The Kier molecular flexibility index (Phi) is 4.27.